The van der Waals surface area contributed by atoms with Crippen LogP contribution in [0.2, 0.25) is 5.02 Å². The van der Waals surface area contributed by atoms with E-state index in [2.05, 4.69) is 5.32 Å². The van der Waals surface area contributed by atoms with Gasteiger partial charge in [-0.25, -0.2) is 0 Å². The van der Waals surface area contributed by atoms with Crippen LogP contribution in [0.5, 0.6) is 5.75 Å². The number of hydrogen-bond donors (Lipinski definition) is 2. The van der Waals surface area contributed by atoms with E-state index in [4.69, 9.17) is 16.3 Å². The lowest BCUT2D eigenvalue weighted by atomic mass is 9.89. The van der Waals surface area contributed by atoms with E-state index in [0.29, 0.717) is 16.5 Å². The number of amides is 1. The fraction of sp³-hybridized carbons (Fsp3) is 0.278. The van der Waals surface area contributed by atoms with Crippen LogP contribution in [0.25, 0.3) is 0 Å². The van der Waals surface area contributed by atoms with Crippen LogP contribution < -0.4 is 10.1 Å². The maximum Gasteiger partial charge on any atom is 0.262 e. The molecule has 4 nitrogen and oxygen atoms in total. The Morgan fingerprint density at radius 1 is 1.26 bits per heavy atom. The van der Waals surface area contributed by atoms with Crippen molar-refractivity contribution in [3.63, 3.8) is 0 Å². The minimum atomic E-state index is -0.440. The number of ether oxygens (including phenoxy) is 1. The van der Waals surface area contributed by atoms with Crippen molar-refractivity contribution in [3.05, 3.63) is 58.6 Å². The van der Waals surface area contributed by atoms with E-state index >= 15 is 0 Å². The zero-order chi connectivity index (χ0) is 16.2. The molecule has 23 heavy (non-hydrogen) atoms. The normalized spacial score (nSPS) is 16.5. The first-order chi connectivity index (χ1) is 11.1. The van der Waals surface area contributed by atoms with E-state index in [1.165, 1.54) is 0 Å². The summed E-state index contributed by atoms with van der Waals surface area (Å²) in [6, 6.07) is 12.5. The van der Waals surface area contributed by atoms with Crippen molar-refractivity contribution < 1.29 is 14.6 Å². The molecule has 1 unspecified atom stereocenters. The summed E-state index contributed by atoms with van der Waals surface area (Å²) in [5, 5.41) is 13.4. The molecule has 120 valence electrons. The summed E-state index contributed by atoms with van der Waals surface area (Å²) in [5.74, 6) is 0.439. The Morgan fingerprint density at radius 3 is 2.83 bits per heavy atom. The molecule has 1 aliphatic rings. The third kappa shape index (κ3) is 3.84. The van der Waals surface area contributed by atoms with Gasteiger partial charge in [-0.1, -0.05) is 23.7 Å². The number of anilines is 1. The first-order valence-electron chi connectivity index (χ1n) is 7.61. The number of benzene rings is 2. The number of carbonyl (C=O) groups is 1. The second kappa shape index (κ2) is 7.02. The van der Waals surface area contributed by atoms with Crippen molar-refractivity contribution in [3.8, 4) is 5.75 Å². The van der Waals surface area contributed by atoms with E-state index in [1.54, 1.807) is 24.3 Å². The smallest absolute Gasteiger partial charge is 0.262 e. The van der Waals surface area contributed by atoms with Gasteiger partial charge in [0, 0.05) is 10.7 Å². The Labute approximate surface area is 140 Å². The van der Waals surface area contributed by atoms with Gasteiger partial charge in [0.2, 0.25) is 0 Å². The SMILES string of the molecule is O=C(COc1cccc2c1CCCC2O)Nc1ccc(Cl)cc1. The zero-order valence-corrected chi connectivity index (χ0v) is 13.3. The summed E-state index contributed by atoms with van der Waals surface area (Å²) < 4.78 is 5.66. The van der Waals surface area contributed by atoms with Crippen molar-refractivity contribution in [2.24, 2.45) is 0 Å². The van der Waals surface area contributed by atoms with Crippen LogP contribution in [0.15, 0.2) is 42.5 Å². The Morgan fingerprint density at radius 2 is 2.04 bits per heavy atom. The van der Waals surface area contributed by atoms with Crippen molar-refractivity contribution >= 4 is 23.2 Å². The van der Waals surface area contributed by atoms with Crippen molar-refractivity contribution in [2.45, 2.75) is 25.4 Å². The molecule has 0 saturated carbocycles. The molecule has 0 radical (unpaired) electrons. The highest BCUT2D eigenvalue weighted by atomic mass is 35.5. The number of nitrogens with one attached hydrogen (secondary N) is 1. The van der Waals surface area contributed by atoms with Gasteiger partial charge < -0.3 is 15.2 Å². The molecule has 0 aromatic heterocycles. The second-order valence-corrected chi connectivity index (χ2v) is 6.01. The molecule has 2 aromatic rings. The second-order valence-electron chi connectivity index (χ2n) is 5.58. The van der Waals surface area contributed by atoms with Gasteiger partial charge in [-0.05, 0) is 60.7 Å². The number of rotatable bonds is 4. The van der Waals surface area contributed by atoms with Crippen molar-refractivity contribution in [1.82, 2.24) is 0 Å². The number of halogens is 1. The van der Waals surface area contributed by atoms with Crippen LogP contribution >= 0.6 is 11.6 Å². The van der Waals surface area contributed by atoms with Crippen molar-refractivity contribution in [2.75, 3.05) is 11.9 Å². The maximum absolute atomic E-state index is 12.0. The number of aliphatic hydroxyl groups is 1. The van der Waals surface area contributed by atoms with Gasteiger partial charge in [0.15, 0.2) is 6.61 Å². The molecule has 2 N–H and O–H groups in total. The van der Waals surface area contributed by atoms with Gasteiger partial charge in [-0.2, -0.15) is 0 Å². The third-order valence-corrected chi connectivity index (χ3v) is 4.17. The number of aliphatic hydroxyl groups excluding tert-OH is 1. The van der Waals surface area contributed by atoms with Crippen LogP contribution in [0, 0.1) is 0 Å². The van der Waals surface area contributed by atoms with Gasteiger partial charge in [-0.15, -0.1) is 0 Å². The van der Waals surface area contributed by atoms with Crippen LogP contribution in [0.1, 0.15) is 30.1 Å². The topological polar surface area (TPSA) is 58.6 Å². The standard InChI is InChI=1S/C18H18ClNO3/c19-12-7-9-13(10-8-12)20-18(22)11-23-17-6-2-3-14-15(17)4-1-5-16(14)21/h2-3,6-10,16,21H,1,4-5,11H2,(H,20,22). The minimum Gasteiger partial charge on any atom is -0.483 e. The zero-order valence-electron chi connectivity index (χ0n) is 12.6. The van der Waals surface area contributed by atoms with Gasteiger partial charge >= 0.3 is 0 Å². The van der Waals surface area contributed by atoms with Crippen LogP contribution in [-0.4, -0.2) is 17.6 Å². The summed E-state index contributed by atoms with van der Waals surface area (Å²) in [7, 11) is 0. The quantitative estimate of drug-likeness (QED) is 0.897. The maximum atomic E-state index is 12.0. The van der Waals surface area contributed by atoms with Gasteiger partial charge in [-0.3, -0.25) is 4.79 Å². The molecule has 3 rings (SSSR count). The molecule has 0 fully saturated rings. The van der Waals surface area contributed by atoms with E-state index in [0.717, 1.165) is 30.4 Å². The summed E-state index contributed by atoms with van der Waals surface area (Å²) in [6.45, 7) is -0.0742. The summed E-state index contributed by atoms with van der Waals surface area (Å²) >= 11 is 5.81. The Balaban J connectivity index is 1.63. The molecule has 5 heteroatoms. The van der Waals surface area contributed by atoms with E-state index in [-0.39, 0.29) is 12.5 Å². The third-order valence-electron chi connectivity index (χ3n) is 3.92. The Hall–Kier alpha value is -2.04. The van der Waals surface area contributed by atoms with Gasteiger partial charge in [0.1, 0.15) is 5.75 Å². The van der Waals surface area contributed by atoms with Crippen LogP contribution in [0.4, 0.5) is 5.69 Å². The molecule has 1 atom stereocenters. The Kier molecular flexibility index (Phi) is 4.84. The van der Waals surface area contributed by atoms with Crippen LogP contribution in [0.3, 0.4) is 0 Å². The molecular weight excluding hydrogens is 314 g/mol. The lowest BCUT2D eigenvalue weighted by Gasteiger charge is -2.23. The Bertz CT molecular complexity index is 700. The molecule has 0 saturated heterocycles. The largest absolute Gasteiger partial charge is 0.483 e. The molecule has 1 aliphatic carbocycles. The van der Waals surface area contributed by atoms with E-state index in [1.807, 2.05) is 18.2 Å². The van der Waals surface area contributed by atoms with Crippen molar-refractivity contribution in [1.29, 1.82) is 0 Å². The molecule has 0 heterocycles. The number of hydrogen-bond acceptors (Lipinski definition) is 3. The molecule has 1 amide bonds. The van der Waals surface area contributed by atoms with E-state index < -0.39 is 6.10 Å². The molecule has 0 bridgehead atoms. The summed E-state index contributed by atoms with van der Waals surface area (Å²) in [4.78, 5) is 12.0. The first-order valence-corrected chi connectivity index (χ1v) is 7.99. The predicted octanol–water partition coefficient (Wildman–Crippen LogP) is 3.73. The van der Waals surface area contributed by atoms with Crippen LogP contribution in [-0.2, 0) is 11.2 Å². The number of fused-ring (bicyclic) bond motifs is 1. The lowest BCUT2D eigenvalue weighted by Crippen LogP contribution is -2.21. The highest BCUT2D eigenvalue weighted by molar-refractivity contribution is 6.30. The molecule has 0 spiro atoms. The fourth-order valence-corrected chi connectivity index (χ4v) is 2.92. The van der Waals surface area contributed by atoms with E-state index in [9.17, 15) is 9.90 Å². The predicted molar refractivity (Wildman–Crippen MR) is 89.9 cm³/mol. The molecule has 2 aromatic carbocycles. The molecule has 0 aliphatic heterocycles. The first kappa shape index (κ1) is 15.8. The van der Waals surface area contributed by atoms with Gasteiger partial charge in [0.25, 0.3) is 5.91 Å². The summed E-state index contributed by atoms with van der Waals surface area (Å²) in [5.41, 5.74) is 2.59. The minimum absolute atomic E-state index is 0.0742. The van der Waals surface area contributed by atoms with Gasteiger partial charge in [0.05, 0.1) is 6.10 Å². The highest BCUT2D eigenvalue weighted by Gasteiger charge is 2.21. The molecular formula is C18H18ClNO3. The average Bonchev–Trinajstić information content (AvgIpc) is 2.55. The highest BCUT2D eigenvalue weighted by Crippen LogP contribution is 2.35. The number of carbonyl (C=O) groups excluding carboxylic acids is 1. The monoisotopic (exact) mass is 331 g/mol. The average molecular weight is 332 g/mol. The lowest BCUT2D eigenvalue weighted by molar-refractivity contribution is -0.118. The summed E-state index contributed by atoms with van der Waals surface area (Å²) in [6.07, 6.45) is 2.12. The fourth-order valence-electron chi connectivity index (χ4n) is 2.80.